The zero-order chi connectivity index (χ0) is 10.8. The van der Waals surface area contributed by atoms with Gasteiger partial charge in [0.05, 0.1) is 6.61 Å². The Bertz CT molecular complexity index is 451. The normalized spacial score (nSPS) is 18.4. The number of benzene rings is 1. The summed E-state index contributed by atoms with van der Waals surface area (Å²) in [6.07, 6.45) is 0.294. The molecule has 1 fully saturated rings. The van der Waals surface area contributed by atoms with Crippen LogP contribution in [0, 0.1) is 0 Å². The third-order valence-corrected chi connectivity index (χ3v) is 2.85. The fourth-order valence-electron chi connectivity index (χ4n) is 1.37. The summed E-state index contributed by atoms with van der Waals surface area (Å²) in [5.74, 6) is 0.863. The lowest BCUT2D eigenvalue weighted by Gasteiger charge is -2.04. The van der Waals surface area contributed by atoms with Crippen molar-refractivity contribution >= 4 is 11.5 Å². The maximum atomic E-state index is 5.54. The third kappa shape index (κ3) is 2.20. The van der Waals surface area contributed by atoms with Crippen molar-refractivity contribution in [2.75, 3.05) is 13.2 Å². The van der Waals surface area contributed by atoms with Crippen LogP contribution in [0.2, 0.25) is 0 Å². The summed E-state index contributed by atoms with van der Waals surface area (Å²) in [6.45, 7) is 1.46. The Balaban J connectivity index is 1.69. The SMILES string of the molecule is c1cc(-c2csnn2)ccc1OCC1CO1. The number of epoxide rings is 1. The van der Waals surface area contributed by atoms with Gasteiger partial charge in [0.1, 0.15) is 24.2 Å². The molecule has 16 heavy (non-hydrogen) atoms. The van der Waals surface area contributed by atoms with E-state index in [0.29, 0.717) is 12.7 Å². The van der Waals surface area contributed by atoms with Crippen molar-refractivity contribution < 1.29 is 9.47 Å². The predicted molar refractivity (Wildman–Crippen MR) is 60.6 cm³/mol. The van der Waals surface area contributed by atoms with Gasteiger partial charge in [0.2, 0.25) is 0 Å². The predicted octanol–water partition coefficient (Wildman–Crippen LogP) is 1.98. The molecule has 0 spiro atoms. The van der Waals surface area contributed by atoms with Gasteiger partial charge in [-0.2, -0.15) is 0 Å². The lowest BCUT2D eigenvalue weighted by molar-refractivity contribution is 0.263. The standard InChI is InChI=1S/C11H10N2O2S/c1-3-9(14-5-10-6-15-10)4-2-8(1)11-7-16-13-12-11/h1-4,7,10H,5-6H2. The van der Waals surface area contributed by atoms with E-state index in [-0.39, 0.29) is 0 Å². The molecule has 0 aliphatic carbocycles. The maximum absolute atomic E-state index is 5.54. The molecule has 0 N–H and O–H groups in total. The lowest BCUT2D eigenvalue weighted by atomic mass is 10.2. The molecule has 1 aliphatic rings. The Morgan fingerprint density at radius 1 is 1.38 bits per heavy atom. The van der Waals surface area contributed by atoms with Crippen LogP contribution in [0.15, 0.2) is 29.6 Å². The zero-order valence-corrected chi connectivity index (χ0v) is 9.31. The number of rotatable bonds is 4. The molecule has 2 aromatic rings. The fraction of sp³-hybridized carbons (Fsp3) is 0.273. The Kier molecular flexibility index (Phi) is 2.55. The van der Waals surface area contributed by atoms with E-state index in [9.17, 15) is 0 Å². The van der Waals surface area contributed by atoms with E-state index in [2.05, 4.69) is 9.59 Å². The summed E-state index contributed by atoms with van der Waals surface area (Å²) in [5, 5.41) is 5.93. The smallest absolute Gasteiger partial charge is 0.119 e. The van der Waals surface area contributed by atoms with Crippen molar-refractivity contribution in [3.8, 4) is 17.0 Å². The van der Waals surface area contributed by atoms with Crippen LogP contribution in [0.1, 0.15) is 0 Å². The Labute approximate surface area is 97.0 Å². The Hall–Kier alpha value is -1.46. The summed E-state index contributed by atoms with van der Waals surface area (Å²) in [4.78, 5) is 0. The van der Waals surface area contributed by atoms with Crippen LogP contribution in [0.25, 0.3) is 11.3 Å². The van der Waals surface area contributed by atoms with Crippen molar-refractivity contribution in [3.05, 3.63) is 29.6 Å². The van der Waals surface area contributed by atoms with E-state index >= 15 is 0 Å². The molecule has 82 valence electrons. The summed E-state index contributed by atoms with van der Waals surface area (Å²) in [6, 6.07) is 7.85. The van der Waals surface area contributed by atoms with Crippen LogP contribution in [0.5, 0.6) is 5.75 Å². The fourth-order valence-corrected chi connectivity index (χ4v) is 1.83. The molecule has 3 rings (SSSR count). The highest BCUT2D eigenvalue weighted by Gasteiger charge is 2.22. The minimum absolute atomic E-state index is 0.294. The molecule has 1 atom stereocenters. The molecule has 0 radical (unpaired) electrons. The number of ether oxygens (including phenoxy) is 2. The van der Waals surface area contributed by atoms with Gasteiger partial charge in [0, 0.05) is 10.9 Å². The van der Waals surface area contributed by atoms with Gasteiger partial charge in [-0.05, 0) is 35.8 Å². The van der Waals surface area contributed by atoms with Crippen LogP contribution in [-0.4, -0.2) is 28.9 Å². The molecule has 0 saturated carbocycles. The lowest BCUT2D eigenvalue weighted by Crippen LogP contribution is -2.03. The maximum Gasteiger partial charge on any atom is 0.119 e. The number of hydrogen-bond acceptors (Lipinski definition) is 5. The Morgan fingerprint density at radius 2 is 2.19 bits per heavy atom. The topological polar surface area (TPSA) is 47.5 Å². The van der Waals surface area contributed by atoms with E-state index in [1.54, 1.807) is 0 Å². The molecule has 1 aliphatic heterocycles. The van der Waals surface area contributed by atoms with E-state index in [1.807, 2.05) is 29.6 Å². The molecule has 1 aromatic heterocycles. The molecule has 2 heterocycles. The van der Waals surface area contributed by atoms with Gasteiger partial charge in [-0.3, -0.25) is 0 Å². The van der Waals surface area contributed by atoms with Gasteiger partial charge in [-0.1, -0.05) is 4.49 Å². The van der Waals surface area contributed by atoms with Crippen molar-refractivity contribution in [1.29, 1.82) is 0 Å². The van der Waals surface area contributed by atoms with Crippen LogP contribution in [-0.2, 0) is 4.74 Å². The zero-order valence-electron chi connectivity index (χ0n) is 8.50. The van der Waals surface area contributed by atoms with E-state index in [4.69, 9.17) is 9.47 Å². The van der Waals surface area contributed by atoms with Crippen LogP contribution in [0.3, 0.4) is 0 Å². The summed E-state index contributed by atoms with van der Waals surface area (Å²) < 4.78 is 14.4. The minimum atomic E-state index is 0.294. The van der Waals surface area contributed by atoms with Gasteiger partial charge in [-0.25, -0.2) is 0 Å². The van der Waals surface area contributed by atoms with E-state index in [0.717, 1.165) is 23.6 Å². The summed E-state index contributed by atoms with van der Waals surface area (Å²) in [5.41, 5.74) is 1.96. The monoisotopic (exact) mass is 234 g/mol. The molecule has 1 saturated heterocycles. The first-order chi connectivity index (χ1) is 7.92. The van der Waals surface area contributed by atoms with Crippen molar-refractivity contribution in [2.45, 2.75) is 6.10 Å². The number of nitrogens with zero attached hydrogens (tertiary/aromatic N) is 2. The molecular weight excluding hydrogens is 224 g/mol. The van der Waals surface area contributed by atoms with Gasteiger partial charge in [-0.15, -0.1) is 5.10 Å². The molecule has 0 bridgehead atoms. The quantitative estimate of drug-likeness (QED) is 0.759. The Morgan fingerprint density at radius 3 is 2.81 bits per heavy atom. The number of hydrogen-bond donors (Lipinski definition) is 0. The van der Waals surface area contributed by atoms with Gasteiger partial charge in [0.25, 0.3) is 0 Å². The second-order valence-corrected chi connectivity index (χ2v) is 4.19. The average Bonchev–Trinajstić information content (AvgIpc) is 3.00. The first-order valence-corrected chi connectivity index (χ1v) is 5.87. The molecule has 4 nitrogen and oxygen atoms in total. The van der Waals surface area contributed by atoms with Crippen LogP contribution in [0.4, 0.5) is 0 Å². The second kappa shape index (κ2) is 4.19. The van der Waals surface area contributed by atoms with Crippen molar-refractivity contribution in [1.82, 2.24) is 9.59 Å². The van der Waals surface area contributed by atoms with Crippen molar-refractivity contribution in [2.24, 2.45) is 0 Å². The highest BCUT2D eigenvalue weighted by atomic mass is 32.1. The largest absolute Gasteiger partial charge is 0.491 e. The van der Waals surface area contributed by atoms with Gasteiger partial charge in [0.15, 0.2) is 0 Å². The first-order valence-electron chi connectivity index (χ1n) is 5.04. The third-order valence-electron chi connectivity index (χ3n) is 2.35. The second-order valence-electron chi connectivity index (χ2n) is 3.58. The van der Waals surface area contributed by atoms with Gasteiger partial charge < -0.3 is 9.47 Å². The van der Waals surface area contributed by atoms with Gasteiger partial charge >= 0.3 is 0 Å². The summed E-state index contributed by atoms with van der Waals surface area (Å²) in [7, 11) is 0. The highest BCUT2D eigenvalue weighted by Crippen LogP contribution is 2.22. The molecule has 5 heteroatoms. The average molecular weight is 234 g/mol. The molecular formula is C11H10N2O2S. The van der Waals surface area contributed by atoms with Crippen LogP contribution >= 0.6 is 11.5 Å². The molecule has 0 amide bonds. The van der Waals surface area contributed by atoms with Crippen molar-refractivity contribution in [3.63, 3.8) is 0 Å². The summed E-state index contributed by atoms with van der Waals surface area (Å²) >= 11 is 1.35. The highest BCUT2D eigenvalue weighted by molar-refractivity contribution is 7.03. The minimum Gasteiger partial charge on any atom is -0.491 e. The molecule has 1 unspecified atom stereocenters. The first kappa shape index (κ1) is 9.74. The van der Waals surface area contributed by atoms with E-state index < -0.39 is 0 Å². The van der Waals surface area contributed by atoms with Crippen LogP contribution < -0.4 is 4.74 Å². The molecule has 1 aromatic carbocycles. The van der Waals surface area contributed by atoms with E-state index in [1.165, 1.54) is 11.5 Å². The number of aromatic nitrogens is 2.